The SMILES string of the molecule is CCCCC/C=C/C=C/CCCCCCCC(O)C(=O)NC(COC1OC(CO)C(O)C(O)C1OC(=O)CCCCCCCCCCCCCCC)C(O)/C=C/CCCCCCCCCCCCC. The molecule has 0 aromatic heterocycles. The molecular weight excluding hydrogens is 871 g/mol. The minimum atomic E-state index is -1.61. The Morgan fingerprint density at radius 3 is 1.48 bits per heavy atom. The van der Waals surface area contributed by atoms with Gasteiger partial charge in [0, 0.05) is 6.42 Å². The van der Waals surface area contributed by atoms with Gasteiger partial charge in [0.15, 0.2) is 12.4 Å². The maximum atomic E-state index is 13.4. The van der Waals surface area contributed by atoms with Crippen LogP contribution in [-0.4, -0.2) is 99.6 Å². The van der Waals surface area contributed by atoms with Crippen LogP contribution < -0.4 is 5.32 Å². The Balaban J connectivity index is 2.76. The number of aliphatic hydroxyl groups excluding tert-OH is 5. The molecule has 8 unspecified atom stereocenters. The molecule has 1 saturated heterocycles. The van der Waals surface area contributed by atoms with Gasteiger partial charge in [-0.1, -0.05) is 237 Å². The van der Waals surface area contributed by atoms with Gasteiger partial charge in [-0.2, -0.15) is 0 Å². The van der Waals surface area contributed by atoms with Crippen LogP contribution in [-0.2, 0) is 23.8 Å². The number of nitrogens with one attached hydrogen (secondary N) is 1. The van der Waals surface area contributed by atoms with E-state index in [2.05, 4.69) is 50.4 Å². The summed E-state index contributed by atoms with van der Waals surface area (Å²) in [6.07, 6.45) is 43.2. The highest BCUT2D eigenvalue weighted by Crippen LogP contribution is 2.26. The quantitative estimate of drug-likeness (QED) is 0.0149. The molecule has 0 bridgehead atoms. The van der Waals surface area contributed by atoms with Gasteiger partial charge < -0.3 is 45.1 Å². The monoisotopic (exact) mass is 978 g/mol. The van der Waals surface area contributed by atoms with E-state index in [-0.39, 0.29) is 19.4 Å². The van der Waals surface area contributed by atoms with Gasteiger partial charge >= 0.3 is 5.97 Å². The van der Waals surface area contributed by atoms with Crippen molar-refractivity contribution in [1.82, 2.24) is 5.32 Å². The number of unbranched alkanes of at least 4 members (excludes halogenated alkanes) is 31. The van der Waals surface area contributed by atoms with Crippen LogP contribution in [0.4, 0.5) is 0 Å². The number of aliphatic hydroxyl groups is 5. The summed E-state index contributed by atoms with van der Waals surface area (Å²) in [6.45, 7) is 5.74. The normalized spacial score (nSPS) is 20.0. The second kappa shape index (κ2) is 46.9. The van der Waals surface area contributed by atoms with Crippen LogP contribution in [0.25, 0.3) is 0 Å². The molecule has 1 aliphatic heterocycles. The number of amides is 1. The fraction of sp³-hybridized carbons (Fsp3) is 0.862. The summed E-state index contributed by atoms with van der Waals surface area (Å²) >= 11 is 0. The van der Waals surface area contributed by atoms with Crippen LogP contribution in [0.3, 0.4) is 0 Å². The third-order valence-corrected chi connectivity index (χ3v) is 13.6. The molecule has 1 aliphatic rings. The zero-order chi connectivity index (χ0) is 50.4. The standard InChI is InChI=1S/C58H107NO10/c1-4-7-10-13-16-19-22-25-28-30-33-36-39-42-45-51(62)57(66)59-49(50(61)44-41-38-35-32-29-26-23-20-17-14-11-8-5-2)48-67-58-56(55(65)54(64)52(47-60)68-58)69-53(63)46-43-40-37-34-31-27-24-21-18-15-12-9-6-3/h16,19,22,25,41,44,49-52,54-56,58,60-62,64-65H,4-15,17-18,20-21,23-24,26-40,42-43,45-48H2,1-3H3,(H,59,66)/b19-16+,25-22+,44-41+. The maximum absolute atomic E-state index is 13.4. The van der Waals surface area contributed by atoms with Crippen LogP contribution >= 0.6 is 0 Å². The highest BCUT2D eigenvalue weighted by Gasteiger charge is 2.47. The van der Waals surface area contributed by atoms with E-state index in [1.165, 1.54) is 135 Å². The van der Waals surface area contributed by atoms with Gasteiger partial charge in [-0.05, 0) is 51.4 Å². The maximum Gasteiger partial charge on any atom is 0.306 e. The molecule has 1 fully saturated rings. The summed E-state index contributed by atoms with van der Waals surface area (Å²) in [5.74, 6) is -1.20. The number of hydrogen-bond acceptors (Lipinski definition) is 10. The highest BCUT2D eigenvalue weighted by atomic mass is 16.7. The number of carbonyl (C=O) groups excluding carboxylic acids is 2. The van der Waals surface area contributed by atoms with E-state index in [4.69, 9.17) is 14.2 Å². The molecule has 0 aliphatic carbocycles. The largest absolute Gasteiger partial charge is 0.454 e. The van der Waals surface area contributed by atoms with Gasteiger partial charge in [-0.25, -0.2) is 0 Å². The predicted molar refractivity (Wildman–Crippen MR) is 283 cm³/mol. The van der Waals surface area contributed by atoms with Crippen molar-refractivity contribution in [1.29, 1.82) is 0 Å². The molecule has 1 amide bonds. The Morgan fingerprint density at radius 2 is 0.986 bits per heavy atom. The molecule has 0 spiro atoms. The highest BCUT2D eigenvalue weighted by molar-refractivity contribution is 5.80. The number of ether oxygens (including phenoxy) is 3. The van der Waals surface area contributed by atoms with E-state index >= 15 is 0 Å². The Bertz CT molecular complexity index is 1260. The first kappa shape index (κ1) is 64.9. The van der Waals surface area contributed by atoms with Crippen molar-refractivity contribution in [2.45, 2.75) is 307 Å². The van der Waals surface area contributed by atoms with E-state index < -0.39 is 67.4 Å². The molecule has 6 N–H and O–H groups in total. The van der Waals surface area contributed by atoms with Gasteiger partial charge in [0.05, 0.1) is 25.4 Å². The molecule has 1 heterocycles. The smallest absolute Gasteiger partial charge is 0.306 e. The van der Waals surface area contributed by atoms with Crippen LogP contribution in [0, 0.1) is 0 Å². The van der Waals surface area contributed by atoms with Crippen LogP contribution in [0.2, 0.25) is 0 Å². The molecule has 69 heavy (non-hydrogen) atoms. The molecule has 0 saturated carbocycles. The molecule has 11 nitrogen and oxygen atoms in total. The fourth-order valence-electron chi connectivity index (χ4n) is 8.94. The first-order chi connectivity index (χ1) is 33.7. The van der Waals surface area contributed by atoms with Gasteiger partial charge in [-0.15, -0.1) is 0 Å². The van der Waals surface area contributed by atoms with Gasteiger partial charge in [0.2, 0.25) is 5.91 Å². The lowest BCUT2D eigenvalue weighted by Gasteiger charge is -2.41. The summed E-state index contributed by atoms with van der Waals surface area (Å²) in [5, 5.41) is 56.8. The van der Waals surface area contributed by atoms with E-state index in [0.717, 1.165) is 77.0 Å². The summed E-state index contributed by atoms with van der Waals surface area (Å²) in [7, 11) is 0. The number of esters is 1. The molecule has 8 atom stereocenters. The van der Waals surface area contributed by atoms with Crippen LogP contribution in [0.5, 0.6) is 0 Å². The second-order valence-corrected chi connectivity index (χ2v) is 20.1. The van der Waals surface area contributed by atoms with Crippen molar-refractivity contribution in [3.05, 3.63) is 36.5 Å². The summed E-state index contributed by atoms with van der Waals surface area (Å²) < 4.78 is 17.6. The third kappa shape index (κ3) is 35.6. The Kier molecular flexibility index (Phi) is 44.1. The molecule has 404 valence electrons. The van der Waals surface area contributed by atoms with E-state index in [1.54, 1.807) is 6.08 Å². The number of carbonyl (C=O) groups is 2. The average Bonchev–Trinajstić information content (AvgIpc) is 3.34. The first-order valence-corrected chi connectivity index (χ1v) is 28.8. The Labute approximate surface area is 422 Å². The van der Waals surface area contributed by atoms with Gasteiger partial charge in [0.1, 0.15) is 24.4 Å². The first-order valence-electron chi connectivity index (χ1n) is 28.8. The van der Waals surface area contributed by atoms with Crippen molar-refractivity contribution in [2.24, 2.45) is 0 Å². The van der Waals surface area contributed by atoms with E-state index in [1.807, 2.05) is 6.08 Å². The zero-order valence-electron chi connectivity index (χ0n) is 44.4. The van der Waals surface area contributed by atoms with Crippen molar-refractivity contribution >= 4 is 11.9 Å². The second-order valence-electron chi connectivity index (χ2n) is 20.1. The van der Waals surface area contributed by atoms with Crippen molar-refractivity contribution in [3.63, 3.8) is 0 Å². The fourth-order valence-corrected chi connectivity index (χ4v) is 8.94. The average molecular weight is 978 g/mol. The number of hydrogen-bond donors (Lipinski definition) is 6. The minimum Gasteiger partial charge on any atom is -0.454 e. The topological polar surface area (TPSA) is 175 Å². The molecule has 0 aromatic carbocycles. The Morgan fingerprint density at radius 1 is 0.565 bits per heavy atom. The molecule has 0 aromatic rings. The summed E-state index contributed by atoms with van der Waals surface area (Å²) in [4.78, 5) is 26.4. The van der Waals surface area contributed by atoms with Crippen molar-refractivity contribution < 1.29 is 49.3 Å². The lowest BCUT2D eigenvalue weighted by Crippen LogP contribution is -2.61. The molecule has 1 rings (SSSR count). The number of allylic oxidation sites excluding steroid dienone is 5. The lowest BCUT2D eigenvalue weighted by molar-refractivity contribution is -0.305. The third-order valence-electron chi connectivity index (χ3n) is 13.6. The molecule has 11 heteroatoms. The van der Waals surface area contributed by atoms with E-state index in [0.29, 0.717) is 12.8 Å². The lowest BCUT2D eigenvalue weighted by atomic mass is 9.99. The minimum absolute atomic E-state index is 0.126. The molecule has 0 radical (unpaired) electrons. The predicted octanol–water partition coefficient (Wildman–Crippen LogP) is 12.7. The van der Waals surface area contributed by atoms with Crippen molar-refractivity contribution in [2.75, 3.05) is 13.2 Å². The van der Waals surface area contributed by atoms with Crippen LogP contribution in [0.15, 0.2) is 36.5 Å². The van der Waals surface area contributed by atoms with E-state index in [9.17, 15) is 35.1 Å². The number of rotatable bonds is 48. The zero-order valence-corrected chi connectivity index (χ0v) is 44.4. The molecular formula is C58H107NO10. The summed E-state index contributed by atoms with van der Waals surface area (Å²) in [6, 6.07) is -1.03. The van der Waals surface area contributed by atoms with Crippen molar-refractivity contribution in [3.8, 4) is 0 Å². The van der Waals surface area contributed by atoms with Crippen LogP contribution in [0.1, 0.15) is 258 Å². The van der Waals surface area contributed by atoms with Gasteiger partial charge in [0.25, 0.3) is 0 Å². The van der Waals surface area contributed by atoms with Gasteiger partial charge in [-0.3, -0.25) is 9.59 Å². The Hall–Kier alpha value is -2.12. The summed E-state index contributed by atoms with van der Waals surface area (Å²) in [5.41, 5.74) is 0.